The molecular formula is C11H18N2O. The van der Waals surface area contributed by atoms with Crippen molar-refractivity contribution in [3.05, 3.63) is 29.6 Å². The fraction of sp³-hybridized carbons (Fsp3) is 0.545. The van der Waals surface area contributed by atoms with Crippen molar-refractivity contribution in [2.24, 2.45) is 0 Å². The van der Waals surface area contributed by atoms with Gasteiger partial charge in [-0.2, -0.15) is 0 Å². The topological polar surface area (TPSA) is 45.1 Å². The van der Waals surface area contributed by atoms with Gasteiger partial charge >= 0.3 is 0 Å². The van der Waals surface area contributed by atoms with E-state index in [0.717, 1.165) is 30.8 Å². The molecule has 3 heteroatoms. The molecule has 0 spiro atoms. The Hall–Kier alpha value is -0.930. The predicted molar refractivity (Wildman–Crippen MR) is 57.1 cm³/mol. The SMILES string of the molecule is CNCCCC(O)c1cccc(C)n1. The van der Waals surface area contributed by atoms with E-state index >= 15 is 0 Å². The zero-order chi connectivity index (χ0) is 10.4. The van der Waals surface area contributed by atoms with Crippen molar-refractivity contribution in [2.45, 2.75) is 25.9 Å². The second kappa shape index (κ2) is 5.73. The lowest BCUT2D eigenvalue weighted by Crippen LogP contribution is -2.10. The fourth-order valence-electron chi connectivity index (χ4n) is 1.37. The molecule has 78 valence electrons. The lowest BCUT2D eigenvalue weighted by molar-refractivity contribution is 0.160. The number of hydrogen-bond acceptors (Lipinski definition) is 3. The number of hydrogen-bond donors (Lipinski definition) is 2. The van der Waals surface area contributed by atoms with Crippen molar-refractivity contribution in [1.82, 2.24) is 10.3 Å². The summed E-state index contributed by atoms with van der Waals surface area (Å²) in [6.45, 7) is 2.87. The molecule has 14 heavy (non-hydrogen) atoms. The summed E-state index contributed by atoms with van der Waals surface area (Å²) in [5, 5.41) is 12.8. The minimum absolute atomic E-state index is 0.428. The molecule has 3 nitrogen and oxygen atoms in total. The van der Waals surface area contributed by atoms with Gasteiger partial charge in [-0.05, 0) is 45.5 Å². The van der Waals surface area contributed by atoms with Crippen LogP contribution in [0.25, 0.3) is 0 Å². The molecule has 1 atom stereocenters. The maximum atomic E-state index is 9.78. The molecule has 0 amide bonds. The first-order chi connectivity index (χ1) is 6.74. The fourth-order valence-corrected chi connectivity index (χ4v) is 1.37. The summed E-state index contributed by atoms with van der Waals surface area (Å²) in [4.78, 5) is 4.28. The van der Waals surface area contributed by atoms with Gasteiger partial charge in [0.15, 0.2) is 0 Å². The Morgan fingerprint density at radius 2 is 2.29 bits per heavy atom. The number of nitrogens with zero attached hydrogens (tertiary/aromatic N) is 1. The quantitative estimate of drug-likeness (QED) is 0.697. The highest BCUT2D eigenvalue weighted by Crippen LogP contribution is 2.15. The molecule has 0 aromatic carbocycles. The molecule has 0 bridgehead atoms. The van der Waals surface area contributed by atoms with Gasteiger partial charge in [0, 0.05) is 5.69 Å². The second-order valence-electron chi connectivity index (χ2n) is 3.47. The number of aromatic nitrogens is 1. The van der Waals surface area contributed by atoms with Gasteiger partial charge in [-0.1, -0.05) is 6.07 Å². The molecule has 0 fully saturated rings. The highest BCUT2D eigenvalue weighted by atomic mass is 16.3. The zero-order valence-electron chi connectivity index (χ0n) is 8.83. The van der Waals surface area contributed by atoms with Crippen LogP contribution in [0.4, 0.5) is 0 Å². The molecule has 1 heterocycles. The van der Waals surface area contributed by atoms with Crippen LogP contribution in [0.5, 0.6) is 0 Å². The van der Waals surface area contributed by atoms with E-state index in [0.29, 0.717) is 0 Å². The Morgan fingerprint density at radius 1 is 1.50 bits per heavy atom. The third-order valence-corrected chi connectivity index (χ3v) is 2.16. The summed E-state index contributed by atoms with van der Waals surface area (Å²) in [5.41, 5.74) is 1.73. The summed E-state index contributed by atoms with van der Waals surface area (Å²) in [6.07, 6.45) is 1.30. The smallest absolute Gasteiger partial charge is 0.0960 e. The van der Waals surface area contributed by atoms with E-state index in [1.54, 1.807) is 0 Å². The Bertz CT molecular complexity index is 276. The van der Waals surface area contributed by atoms with E-state index in [2.05, 4.69) is 10.3 Å². The third-order valence-electron chi connectivity index (χ3n) is 2.16. The summed E-state index contributed by atoms with van der Waals surface area (Å²) < 4.78 is 0. The average Bonchev–Trinajstić information content (AvgIpc) is 2.18. The van der Waals surface area contributed by atoms with Crippen LogP contribution in [0.15, 0.2) is 18.2 Å². The molecule has 0 aliphatic heterocycles. The van der Waals surface area contributed by atoms with Crippen LogP contribution in [0, 0.1) is 6.92 Å². The highest BCUT2D eigenvalue weighted by molar-refractivity contribution is 5.11. The Labute approximate surface area is 85.2 Å². The number of pyridine rings is 1. The minimum Gasteiger partial charge on any atom is -0.387 e. The van der Waals surface area contributed by atoms with E-state index < -0.39 is 6.10 Å². The van der Waals surface area contributed by atoms with Crippen LogP contribution in [0.3, 0.4) is 0 Å². The number of aliphatic hydroxyl groups excluding tert-OH is 1. The first-order valence-corrected chi connectivity index (χ1v) is 5.00. The monoisotopic (exact) mass is 194 g/mol. The Balaban J connectivity index is 2.47. The maximum absolute atomic E-state index is 9.78. The lowest BCUT2D eigenvalue weighted by atomic mass is 10.1. The van der Waals surface area contributed by atoms with E-state index in [1.807, 2.05) is 32.2 Å². The summed E-state index contributed by atoms with van der Waals surface area (Å²) >= 11 is 0. The third kappa shape index (κ3) is 3.44. The first-order valence-electron chi connectivity index (χ1n) is 5.00. The minimum atomic E-state index is -0.428. The van der Waals surface area contributed by atoms with Gasteiger partial charge < -0.3 is 10.4 Å². The van der Waals surface area contributed by atoms with Crippen LogP contribution in [0.1, 0.15) is 30.3 Å². The number of rotatable bonds is 5. The van der Waals surface area contributed by atoms with Crippen LogP contribution in [0.2, 0.25) is 0 Å². The van der Waals surface area contributed by atoms with Crippen molar-refractivity contribution in [3.8, 4) is 0 Å². The molecule has 2 N–H and O–H groups in total. The van der Waals surface area contributed by atoms with Gasteiger partial charge in [0.05, 0.1) is 11.8 Å². The van der Waals surface area contributed by atoms with Gasteiger partial charge in [-0.15, -0.1) is 0 Å². The molecule has 0 aliphatic rings. The molecule has 1 aromatic rings. The maximum Gasteiger partial charge on any atom is 0.0960 e. The van der Waals surface area contributed by atoms with Crippen LogP contribution >= 0.6 is 0 Å². The van der Waals surface area contributed by atoms with E-state index in [9.17, 15) is 5.11 Å². The van der Waals surface area contributed by atoms with Crippen molar-refractivity contribution < 1.29 is 5.11 Å². The molecule has 1 rings (SSSR count). The highest BCUT2D eigenvalue weighted by Gasteiger charge is 2.07. The van der Waals surface area contributed by atoms with Crippen LogP contribution < -0.4 is 5.32 Å². The largest absolute Gasteiger partial charge is 0.387 e. The number of aryl methyl sites for hydroxylation is 1. The molecule has 0 saturated carbocycles. The van der Waals surface area contributed by atoms with Crippen molar-refractivity contribution in [1.29, 1.82) is 0 Å². The average molecular weight is 194 g/mol. The molecule has 1 unspecified atom stereocenters. The molecule has 1 aromatic heterocycles. The van der Waals surface area contributed by atoms with Crippen molar-refractivity contribution in [3.63, 3.8) is 0 Å². The molecular weight excluding hydrogens is 176 g/mol. The Kier molecular flexibility index (Phi) is 4.56. The van der Waals surface area contributed by atoms with Gasteiger partial charge in [0.2, 0.25) is 0 Å². The number of aliphatic hydroxyl groups is 1. The van der Waals surface area contributed by atoms with Crippen molar-refractivity contribution in [2.75, 3.05) is 13.6 Å². The predicted octanol–water partition coefficient (Wildman–Crippen LogP) is 1.42. The van der Waals surface area contributed by atoms with Crippen LogP contribution in [-0.4, -0.2) is 23.7 Å². The Morgan fingerprint density at radius 3 is 2.93 bits per heavy atom. The zero-order valence-corrected chi connectivity index (χ0v) is 8.83. The second-order valence-corrected chi connectivity index (χ2v) is 3.47. The summed E-state index contributed by atoms with van der Waals surface area (Å²) in [5.74, 6) is 0. The van der Waals surface area contributed by atoms with E-state index in [1.165, 1.54) is 0 Å². The lowest BCUT2D eigenvalue weighted by Gasteiger charge is -2.09. The first kappa shape index (κ1) is 11.1. The standard InChI is InChI=1S/C11H18N2O/c1-9-5-3-6-10(13-9)11(14)7-4-8-12-2/h3,5-6,11-12,14H,4,7-8H2,1-2H3. The number of nitrogens with one attached hydrogen (secondary N) is 1. The normalized spacial score (nSPS) is 12.8. The van der Waals surface area contributed by atoms with Gasteiger partial charge in [0.1, 0.15) is 0 Å². The molecule has 0 radical (unpaired) electrons. The molecule has 0 aliphatic carbocycles. The van der Waals surface area contributed by atoms with Gasteiger partial charge in [-0.25, -0.2) is 0 Å². The van der Waals surface area contributed by atoms with E-state index in [-0.39, 0.29) is 0 Å². The van der Waals surface area contributed by atoms with Gasteiger partial charge in [-0.3, -0.25) is 4.98 Å². The molecule has 0 saturated heterocycles. The van der Waals surface area contributed by atoms with Gasteiger partial charge in [0.25, 0.3) is 0 Å². The van der Waals surface area contributed by atoms with Crippen LogP contribution in [-0.2, 0) is 0 Å². The van der Waals surface area contributed by atoms with E-state index in [4.69, 9.17) is 0 Å². The van der Waals surface area contributed by atoms with Crippen molar-refractivity contribution >= 4 is 0 Å². The summed E-state index contributed by atoms with van der Waals surface area (Å²) in [7, 11) is 1.91. The summed E-state index contributed by atoms with van der Waals surface area (Å²) in [6, 6.07) is 5.74.